The molecule has 2 fully saturated rings. The zero-order valence-corrected chi connectivity index (χ0v) is 10.4. The normalized spacial score (nSPS) is 30.6. The molecule has 0 aliphatic carbocycles. The van der Waals surface area contributed by atoms with Crippen LogP contribution in [-0.4, -0.2) is 23.7 Å². The predicted molar refractivity (Wildman–Crippen MR) is 66.5 cm³/mol. The number of nitrogens with one attached hydrogen (secondary N) is 1. The zero-order chi connectivity index (χ0) is 12.4. The first-order valence-electron chi connectivity index (χ1n) is 6.74. The number of hydrogen-bond acceptors (Lipinski definition) is 3. The Balaban J connectivity index is 1.46. The third-order valence-corrected chi connectivity index (χ3v) is 4.02. The molecule has 18 heavy (non-hydrogen) atoms. The number of pyridine rings is 1. The Bertz CT molecular complexity index is 401. The molecule has 2 saturated heterocycles. The van der Waals surface area contributed by atoms with Crippen molar-refractivity contribution in [1.29, 1.82) is 0 Å². The number of hydrogen-bond donors (Lipinski definition) is 1. The van der Waals surface area contributed by atoms with Crippen LogP contribution in [-0.2, 0) is 11.3 Å². The molecule has 2 aliphatic heterocycles. The van der Waals surface area contributed by atoms with Gasteiger partial charge in [0.05, 0.1) is 6.61 Å². The molecule has 2 unspecified atom stereocenters. The van der Waals surface area contributed by atoms with Crippen LogP contribution in [0.15, 0.2) is 18.3 Å². The van der Waals surface area contributed by atoms with Crippen LogP contribution in [0.25, 0.3) is 0 Å². The first kappa shape index (κ1) is 12.1. The van der Waals surface area contributed by atoms with E-state index < -0.39 is 5.95 Å². The maximum absolute atomic E-state index is 13.3. The number of nitrogens with zero attached hydrogens (tertiary/aromatic N) is 1. The van der Waals surface area contributed by atoms with Gasteiger partial charge in [-0.3, -0.25) is 0 Å². The van der Waals surface area contributed by atoms with E-state index in [0.29, 0.717) is 30.2 Å². The lowest BCUT2D eigenvalue weighted by Gasteiger charge is -2.28. The first-order valence-corrected chi connectivity index (χ1v) is 6.74. The summed E-state index contributed by atoms with van der Waals surface area (Å²) in [6.07, 6.45) is 6.47. The molecule has 3 heterocycles. The van der Waals surface area contributed by atoms with Crippen molar-refractivity contribution in [2.75, 3.05) is 6.61 Å². The van der Waals surface area contributed by atoms with Crippen LogP contribution in [0.5, 0.6) is 0 Å². The van der Waals surface area contributed by atoms with E-state index >= 15 is 0 Å². The largest absolute Gasteiger partial charge is 0.376 e. The molecule has 1 aromatic rings. The lowest BCUT2D eigenvalue weighted by atomic mass is 9.93. The maximum atomic E-state index is 13.3. The molecular weight excluding hydrogens is 231 g/mol. The van der Waals surface area contributed by atoms with E-state index in [1.54, 1.807) is 12.1 Å². The molecule has 0 amide bonds. The van der Waals surface area contributed by atoms with Crippen molar-refractivity contribution in [1.82, 2.24) is 10.3 Å². The molecule has 1 N–H and O–H groups in total. The van der Waals surface area contributed by atoms with E-state index in [1.165, 1.54) is 31.9 Å². The minimum Gasteiger partial charge on any atom is -0.376 e. The Morgan fingerprint density at radius 2 is 2.11 bits per heavy atom. The summed E-state index contributed by atoms with van der Waals surface area (Å²) in [6, 6.07) is 4.85. The summed E-state index contributed by atoms with van der Waals surface area (Å²) in [5.74, 6) is 0.214. The molecule has 0 radical (unpaired) electrons. The fourth-order valence-electron chi connectivity index (χ4n) is 3.17. The van der Waals surface area contributed by atoms with Gasteiger partial charge in [0.2, 0.25) is 5.95 Å². The molecule has 2 aliphatic rings. The van der Waals surface area contributed by atoms with Crippen LogP contribution < -0.4 is 5.32 Å². The van der Waals surface area contributed by atoms with E-state index in [9.17, 15) is 4.39 Å². The van der Waals surface area contributed by atoms with Gasteiger partial charge >= 0.3 is 0 Å². The summed E-state index contributed by atoms with van der Waals surface area (Å²) in [7, 11) is 0. The summed E-state index contributed by atoms with van der Waals surface area (Å²) in [6.45, 7) is 1.07. The third kappa shape index (κ3) is 2.70. The molecule has 98 valence electrons. The zero-order valence-electron chi connectivity index (χ0n) is 10.4. The van der Waals surface area contributed by atoms with Gasteiger partial charge in [0.25, 0.3) is 0 Å². The Labute approximate surface area is 107 Å². The highest BCUT2D eigenvalue weighted by Gasteiger charge is 2.33. The van der Waals surface area contributed by atoms with Gasteiger partial charge in [0.1, 0.15) is 0 Å². The van der Waals surface area contributed by atoms with Crippen molar-refractivity contribution < 1.29 is 9.13 Å². The molecule has 2 bridgehead atoms. The number of piperidine rings is 1. The summed E-state index contributed by atoms with van der Waals surface area (Å²) >= 11 is 0. The number of ether oxygens (including phenoxy) is 1. The highest BCUT2D eigenvalue weighted by molar-refractivity contribution is 5.09. The summed E-state index contributed by atoms with van der Waals surface area (Å²) in [4.78, 5) is 3.62. The van der Waals surface area contributed by atoms with Crippen LogP contribution in [0.3, 0.4) is 0 Å². The van der Waals surface area contributed by atoms with Crippen LogP contribution in [0.1, 0.15) is 31.2 Å². The lowest BCUT2D eigenvalue weighted by Crippen LogP contribution is -2.39. The number of halogens is 1. The fourth-order valence-corrected chi connectivity index (χ4v) is 3.17. The van der Waals surface area contributed by atoms with Crippen LogP contribution in [0.2, 0.25) is 0 Å². The Morgan fingerprint density at radius 1 is 1.33 bits per heavy atom. The highest BCUT2D eigenvalue weighted by atomic mass is 19.1. The van der Waals surface area contributed by atoms with Crippen molar-refractivity contribution in [2.45, 2.75) is 44.4 Å². The van der Waals surface area contributed by atoms with Crippen LogP contribution >= 0.6 is 0 Å². The molecule has 3 nitrogen and oxygen atoms in total. The second-order valence-electron chi connectivity index (χ2n) is 5.44. The van der Waals surface area contributed by atoms with Gasteiger partial charge in [-0.15, -0.1) is 0 Å². The molecule has 4 heteroatoms. The van der Waals surface area contributed by atoms with Gasteiger partial charge < -0.3 is 10.1 Å². The molecular formula is C14H19FN2O. The van der Waals surface area contributed by atoms with Crippen molar-refractivity contribution in [3.05, 3.63) is 29.8 Å². The van der Waals surface area contributed by atoms with E-state index in [4.69, 9.17) is 4.74 Å². The molecule has 1 aromatic heterocycles. The minimum atomic E-state index is -0.414. The number of fused-ring (bicyclic) bond motifs is 2. The van der Waals surface area contributed by atoms with Crippen molar-refractivity contribution in [3.8, 4) is 0 Å². The SMILES string of the molecule is Fc1ncccc1COCC1CC2CC[C@H](C1)N2. The minimum absolute atomic E-state index is 0.332. The number of aromatic nitrogens is 1. The van der Waals surface area contributed by atoms with Crippen molar-refractivity contribution in [2.24, 2.45) is 5.92 Å². The van der Waals surface area contributed by atoms with Gasteiger partial charge in [-0.05, 0) is 37.7 Å². The maximum Gasteiger partial charge on any atom is 0.218 e. The highest BCUT2D eigenvalue weighted by Crippen LogP contribution is 2.31. The average Bonchev–Trinajstić information content (AvgIpc) is 2.71. The molecule has 3 rings (SSSR count). The predicted octanol–water partition coefficient (Wildman–Crippen LogP) is 2.27. The fraction of sp³-hybridized carbons (Fsp3) is 0.643. The van der Waals surface area contributed by atoms with Gasteiger partial charge in [0, 0.05) is 30.5 Å². The molecule has 3 atom stereocenters. The van der Waals surface area contributed by atoms with E-state index in [2.05, 4.69) is 10.3 Å². The van der Waals surface area contributed by atoms with Gasteiger partial charge in [-0.25, -0.2) is 4.98 Å². The van der Waals surface area contributed by atoms with E-state index in [0.717, 1.165) is 6.61 Å². The quantitative estimate of drug-likeness (QED) is 0.832. The topological polar surface area (TPSA) is 34.1 Å². The van der Waals surface area contributed by atoms with Crippen LogP contribution in [0.4, 0.5) is 4.39 Å². The van der Waals surface area contributed by atoms with Gasteiger partial charge in [-0.1, -0.05) is 6.07 Å². The lowest BCUT2D eigenvalue weighted by molar-refractivity contribution is 0.0668. The first-order chi connectivity index (χ1) is 8.81. The molecule has 0 saturated carbocycles. The second-order valence-corrected chi connectivity index (χ2v) is 5.44. The van der Waals surface area contributed by atoms with Crippen molar-refractivity contribution >= 4 is 0 Å². The summed E-state index contributed by atoms with van der Waals surface area (Å²) in [5, 5.41) is 3.61. The number of rotatable bonds is 4. The van der Waals surface area contributed by atoms with Crippen molar-refractivity contribution in [3.63, 3.8) is 0 Å². The Morgan fingerprint density at radius 3 is 2.83 bits per heavy atom. The second kappa shape index (κ2) is 5.33. The van der Waals surface area contributed by atoms with Gasteiger partial charge in [0.15, 0.2) is 0 Å². The summed E-state index contributed by atoms with van der Waals surface area (Å²) < 4.78 is 18.9. The van der Waals surface area contributed by atoms with Gasteiger partial charge in [-0.2, -0.15) is 4.39 Å². The van der Waals surface area contributed by atoms with Crippen LogP contribution in [0, 0.1) is 11.9 Å². The standard InChI is InChI=1S/C14H19FN2O/c15-14-11(2-1-5-16-14)9-18-8-10-6-12-3-4-13(7-10)17-12/h1-2,5,10,12-13,17H,3-4,6-9H2/t10?,12-,13?/m1/s1. The van der Waals surface area contributed by atoms with E-state index in [1.807, 2.05) is 0 Å². The molecule has 0 aromatic carbocycles. The average molecular weight is 250 g/mol. The monoisotopic (exact) mass is 250 g/mol. The Hall–Kier alpha value is -1.00. The van der Waals surface area contributed by atoms with E-state index in [-0.39, 0.29) is 0 Å². The Kier molecular flexibility index (Phi) is 3.57. The molecule has 0 spiro atoms. The smallest absolute Gasteiger partial charge is 0.218 e. The third-order valence-electron chi connectivity index (χ3n) is 4.02. The summed E-state index contributed by atoms with van der Waals surface area (Å²) in [5.41, 5.74) is 0.550.